The van der Waals surface area contributed by atoms with E-state index >= 15 is 0 Å². The Morgan fingerprint density at radius 2 is 1.93 bits per heavy atom. The van der Waals surface area contributed by atoms with Crippen LogP contribution in [-0.2, 0) is 17.9 Å². The highest BCUT2D eigenvalue weighted by molar-refractivity contribution is 6.30. The Balaban J connectivity index is 1.64. The lowest BCUT2D eigenvalue weighted by Crippen LogP contribution is -2.38. The van der Waals surface area contributed by atoms with Crippen LogP contribution in [0.1, 0.15) is 30.4 Å². The minimum Gasteiger partial charge on any atom is -0.497 e. The van der Waals surface area contributed by atoms with E-state index < -0.39 is 0 Å². The summed E-state index contributed by atoms with van der Waals surface area (Å²) in [6.45, 7) is 0.758. The van der Waals surface area contributed by atoms with Crippen molar-refractivity contribution in [3.63, 3.8) is 0 Å². The third kappa shape index (κ3) is 4.35. The second-order valence-electron chi connectivity index (χ2n) is 7.45. The molecule has 1 amide bonds. The molecule has 0 saturated heterocycles. The summed E-state index contributed by atoms with van der Waals surface area (Å²) in [5.41, 5.74) is 2.43. The summed E-state index contributed by atoms with van der Waals surface area (Å²) in [4.78, 5) is 19.3. The van der Waals surface area contributed by atoms with Crippen molar-refractivity contribution in [1.82, 2.24) is 9.88 Å². The van der Waals surface area contributed by atoms with Gasteiger partial charge in [-0.25, -0.2) is 9.37 Å². The Bertz CT molecular complexity index is 1030. The normalized spacial score (nSPS) is 13.9. The number of benzene rings is 2. The van der Waals surface area contributed by atoms with Crippen molar-refractivity contribution >= 4 is 28.4 Å². The van der Waals surface area contributed by atoms with E-state index in [-0.39, 0.29) is 17.6 Å². The predicted molar refractivity (Wildman–Crippen MR) is 111 cm³/mol. The van der Waals surface area contributed by atoms with Crippen molar-refractivity contribution in [1.29, 1.82) is 0 Å². The molecule has 0 atom stereocenters. The molecule has 3 aromatic rings. The van der Waals surface area contributed by atoms with Gasteiger partial charge in [-0.05, 0) is 54.8 Å². The number of rotatable bonds is 6. The molecule has 0 radical (unpaired) electrons. The average molecular weight is 413 g/mol. The van der Waals surface area contributed by atoms with Gasteiger partial charge < -0.3 is 9.64 Å². The predicted octanol–water partition coefficient (Wildman–Crippen LogP) is 5.36. The fourth-order valence-electron chi connectivity index (χ4n) is 3.55. The van der Waals surface area contributed by atoms with Gasteiger partial charge in [-0.3, -0.25) is 4.79 Å². The van der Waals surface area contributed by atoms with Crippen LogP contribution in [0.25, 0.3) is 10.9 Å². The summed E-state index contributed by atoms with van der Waals surface area (Å²) < 4.78 is 18.6. The first-order chi connectivity index (χ1) is 14.0. The number of pyridine rings is 1. The van der Waals surface area contributed by atoms with E-state index in [4.69, 9.17) is 16.3 Å². The molecule has 0 bridgehead atoms. The van der Waals surface area contributed by atoms with Gasteiger partial charge in [0, 0.05) is 30.0 Å². The average Bonchev–Trinajstić information content (AvgIpc) is 2.67. The number of carbonyl (C=O) groups excluding carboxylic acids is 1. The zero-order valence-corrected chi connectivity index (χ0v) is 17.0. The van der Waals surface area contributed by atoms with Crippen molar-refractivity contribution in [3.05, 3.63) is 70.6 Å². The SMILES string of the molecule is COc1ccc2nc(Cl)c(CN(Cc3ccc(F)cc3)C(=O)C3CCC3)cc2c1. The molecule has 4 nitrogen and oxygen atoms in total. The first-order valence-corrected chi connectivity index (χ1v) is 10.1. The molecule has 1 saturated carbocycles. The molecule has 4 rings (SSSR count). The van der Waals surface area contributed by atoms with Crippen molar-refractivity contribution in [2.45, 2.75) is 32.4 Å². The zero-order chi connectivity index (χ0) is 20.4. The lowest BCUT2D eigenvalue weighted by Gasteiger charge is -2.32. The van der Waals surface area contributed by atoms with E-state index in [0.29, 0.717) is 18.2 Å². The van der Waals surface area contributed by atoms with Gasteiger partial charge in [0.15, 0.2) is 0 Å². The topological polar surface area (TPSA) is 42.4 Å². The number of halogens is 2. The molecule has 29 heavy (non-hydrogen) atoms. The number of amides is 1. The number of fused-ring (bicyclic) bond motifs is 1. The molecule has 0 unspecified atom stereocenters. The Kier molecular flexibility index (Phi) is 5.67. The van der Waals surface area contributed by atoms with Crippen LogP contribution in [0, 0.1) is 11.7 Å². The van der Waals surface area contributed by atoms with E-state index in [1.807, 2.05) is 24.3 Å². The summed E-state index contributed by atoms with van der Waals surface area (Å²) in [5, 5.41) is 1.29. The molecule has 0 N–H and O–H groups in total. The second-order valence-corrected chi connectivity index (χ2v) is 7.80. The lowest BCUT2D eigenvalue weighted by atomic mass is 9.84. The zero-order valence-electron chi connectivity index (χ0n) is 16.2. The quantitative estimate of drug-likeness (QED) is 0.511. The third-order valence-electron chi connectivity index (χ3n) is 5.46. The Labute approximate surface area is 174 Å². The molecule has 1 aliphatic rings. The smallest absolute Gasteiger partial charge is 0.226 e. The van der Waals surface area contributed by atoms with Gasteiger partial charge in [0.25, 0.3) is 0 Å². The molecule has 1 aliphatic carbocycles. The van der Waals surface area contributed by atoms with Crippen LogP contribution >= 0.6 is 11.6 Å². The number of ether oxygens (including phenoxy) is 1. The molecule has 150 valence electrons. The van der Waals surface area contributed by atoms with Crippen LogP contribution < -0.4 is 4.74 Å². The van der Waals surface area contributed by atoms with Crippen LogP contribution in [0.3, 0.4) is 0 Å². The third-order valence-corrected chi connectivity index (χ3v) is 5.79. The van der Waals surface area contributed by atoms with Gasteiger partial charge in [0.05, 0.1) is 12.6 Å². The van der Waals surface area contributed by atoms with Gasteiger partial charge in [-0.2, -0.15) is 0 Å². The molecule has 1 aromatic heterocycles. The molecule has 2 aromatic carbocycles. The van der Waals surface area contributed by atoms with E-state index in [9.17, 15) is 9.18 Å². The van der Waals surface area contributed by atoms with E-state index in [0.717, 1.165) is 47.0 Å². The van der Waals surface area contributed by atoms with Gasteiger partial charge in [-0.1, -0.05) is 30.2 Å². The molecular formula is C23H22ClFN2O2. The first-order valence-electron chi connectivity index (χ1n) is 9.70. The number of hydrogen-bond acceptors (Lipinski definition) is 3. The monoisotopic (exact) mass is 412 g/mol. The maximum atomic E-state index is 13.3. The largest absolute Gasteiger partial charge is 0.497 e. The van der Waals surface area contributed by atoms with E-state index in [1.165, 1.54) is 12.1 Å². The number of methoxy groups -OCH3 is 1. The Morgan fingerprint density at radius 3 is 2.59 bits per heavy atom. The van der Waals surface area contributed by atoms with Crippen LogP contribution in [0.4, 0.5) is 4.39 Å². The van der Waals surface area contributed by atoms with Crippen molar-refractivity contribution < 1.29 is 13.9 Å². The number of aromatic nitrogens is 1. The standard InChI is InChI=1S/C23H22ClFN2O2/c1-29-20-9-10-21-17(12-20)11-18(22(24)26-21)14-27(23(28)16-3-2-4-16)13-15-5-7-19(25)8-6-15/h5-12,16H,2-4,13-14H2,1H3. The van der Waals surface area contributed by atoms with E-state index in [2.05, 4.69) is 4.98 Å². The number of hydrogen-bond donors (Lipinski definition) is 0. The molecule has 0 aliphatic heterocycles. The van der Waals surface area contributed by atoms with Gasteiger partial charge >= 0.3 is 0 Å². The summed E-state index contributed by atoms with van der Waals surface area (Å²) in [5.74, 6) is 0.618. The van der Waals surface area contributed by atoms with Crippen molar-refractivity contribution in [2.24, 2.45) is 5.92 Å². The van der Waals surface area contributed by atoms with Crippen LogP contribution in [0.2, 0.25) is 5.15 Å². The highest BCUT2D eigenvalue weighted by Crippen LogP contribution is 2.31. The summed E-state index contributed by atoms with van der Waals surface area (Å²) >= 11 is 6.45. The van der Waals surface area contributed by atoms with Gasteiger partial charge in [0.2, 0.25) is 5.91 Å². The molecular weight excluding hydrogens is 391 g/mol. The maximum absolute atomic E-state index is 13.3. The van der Waals surface area contributed by atoms with Crippen molar-refractivity contribution in [2.75, 3.05) is 7.11 Å². The fraction of sp³-hybridized carbons (Fsp3) is 0.304. The maximum Gasteiger partial charge on any atom is 0.226 e. The van der Waals surface area contributed by atoms with Crippen LogP contribution in [0.5, 0.6) is 5.75 Å². The number of nitrogens with zero attached hydrogens (tertiary/aromatic N) is 2. The molecule has 1 heterocycles. The summed E-state index contributed by atoms with van der Waals surface area (Å²) in [6, 6.07) is 13.8. The minimum absolute atomic E-state index is 0.0581. The van der Waals surface area contributed by atoms with E-state index in [1.54, 1.807) is 24.1 Å². The minimum atomic E-state index is -0.290. The number of carbonyl (C=O) groups is 1. The highest BCUT2D eigenvalue weighted by atomic mass is 35.5. The second kappa shape index (κ2) is 8.37. The Hall–Kier alpha value is -2.66. The summed E-state index contributed by atoms with van der Waals surface area (Å²) in [7, 11) is 1.62. The molecule has 0 spiro atoms. The summed E-state index contributed by atoms with van der Waals surface area (Å²) in [6.07, 6.45) is 2.91. The van der Waals surface area contributed by atoms with Crippen LogP contribution in [-0.4, -0.2) is 22.9 Å². The molecule has 1 fully saturated rings. The van der Waals surface area contributed by atoms with Gasteiger partial charge in [0.1, 0.15) is 16.7 Å². The van der Waals surface area contributed by atoms with Crippen molar-refractivity contribution in [3.8, 4) is 5.75 Å². The molecule has 6 heteroatoms. The van der Waals surface area contributed by atoms with Gasteiger partial charge in [-0.15, -0.1) is 0 Å². The first kappa shape index (κ1) is 19.6. The Morgan fingerprint density at radius 1 is 1.17 bits per heavy atom. The van der Waals surface area contributed by atoms with Crippen LogP contribution in [0.15, 0.2) is 48.5 Å². The fourth-order valence-corrected chi connectivity index (χ4v) is 3.76. The lowest BCUT2D eigenvalue weighted by molar-refractivity contribution is -0.139. The highest BCUT2D eigenvalue weighted by Gasteiger charge is 2.30.